The summed E-state index contributed by atoms with van der Waals surface area (Å²) in [7, 11) is 1.70. The van der Waals surface area contributed by atoms with Gasteiger partial charge in [0.2, 0.25) is 0 Å². The van der Waals surface area contributed by atoms with Crippen LogP contribution in [0, 0.1) is 0 Å². The zero-order valence-corrected chi connectivity index (χ0v) is 15.8. The van der Waals surface area contributed by atoms with Crippen molar-refractivity contribution in [2.24, 2.45) is 0 Å². The van der Waals surface area contributed by atoms with Crippen molar-refractivity contribution in [3.05, 3.63) is 57.5 Å². The quantitative estimate of drug-likeness (QED) is 0.742. The monoisotopic (exact) mass is 370 g/mol. The summed E-state index contributed by atoms with van der Waals surface area (Å²) in [4.78, 5) is 21.4. The van der Waals surface area contributed by atoms with Crippen LogP contribution in [-0.2, 0) is 6.54 Å². The van der Waals surface area contributed by atoms with Gasteiger partial charge in [-0.2, -0.15) is 0 Å². The van der Waals surface area contributed by atoms with Crippen LogP contribution >= 0.6 is 11.3 Å². The maximum Gasteiger partial charge on any atom is 0.269 e. The number of benzene rings is 1. The molecule has 136 valence electrons. The second kappa shape index (κ2) is 7.60. The molecule has 1 aliphatic rings. The van der Waals surface area contributed by atoms with Crippen molar-refractivity contribution >= 4 is 21.6 Å². The van der Waals surface area contributed by atoms with Crippen LogP contribution < -0.4 is 15.2 Å². The minimum Gasteiger partial charge on any atom is -0.497 e. The number of ether oxygens (including phenoxy) is 1. The van der Waals surface area contributed by atoms with E-state index in [1.54, 1.807) is 7.11 Å². The Morgan fingerprint density at radius 2 is 2.08 bits per heavy atom. The maximum atomic E-state index is 12.3. The minimum atomic E-state index is -0.0183. The number of H-pyrrole nitrogens is 1. The van der Waals surface area contributed by atoms with Gasteiger partial charge in [-0.15, -0.1) is 11.3 Å². The van der Waals surface area contributed by atoms with Gasteiger partial charge in [-0.05, 0) is 55.0 Å². The van der Waals surface area contributed by atoms with Gasteiger partial charge in [-0.25, -0.2) is 4.98 Å². The number of thiophene rings is 1. The van der Waals surface area contributed by atoms with E-state index in [0.717, 1.165) is 36.6 Å². The van der Waals surface area contributed by atoms with Gasteiger partial charge in [0.15, 0.2) is 5.82 Å². The number of methoxy groups -OCH3 is 1. The molecule has 2 aromatic heterocycles. The van der Waals surface area contributed by atoms with E-state index in [2.05, 4.69) is 17.1 Å². The van der Waals surface area contributed by atoms with E-state index in [0.29, 0.717) is 10.7 Å². The number of likely N-dealkylation sites (tertiary alicyclic amines) is 1. The van der Waals surface area contributed by atoms with Gasteiger partial charge < -0.3 is 14.6 Å². The Labute approximate surface area is 156 Å². The van der Waals surface area contributed by atoms with E-state index in [1.165, 1.54) is 41.1 Å². The van der Waals surface area contributed by atoms with Crippen LogP contribution in [0.25, 0.3) is 10.2 Å². The Kier molecular flexibility index (Phi) is 5.04. The summed E-state index contributed by atoms with van der Waals surface area (Å²) < 4.78 is 6.01. The fourth-order valence-corrected chi connectivity index (χ4v) is 4.65. The van der Waals surface area contributed by atoms with E-state index >= 15 is 0 Å². The molecule has 3 heterocycles. The summed E-state index contributed by atoms with van der Waals surface area (Å²) >= 11 is 1.45. The molecule has 1 fully saturated rings. The summed E-state index contributed by atoms with van der Waals surface area (Å²) in [5, 5.41) is 1.93. The molecule has 2 N–H and O–H groups in total. The van der Waals surface area contributed by atoms with Gasteiger partial charge in [0.1, 0.15) is 23.0 Å². The lowest BCUT2D eigenvalue weighted by atomic mass is 10.0. The lowest BCUT2D eigenvalue weighted by Crippen LogP contribution is -3.10. The smallest absolute Gasteiger partial charge is 0.269 e. The number of aromatic amines is 1. The van der Waals surface area contributed by atoms with Crippen LogP contribution in [0.3, 0.4) is 0 Å². The highest BCUT2D eigenvalue weighted by Gasteiger charge is 2.27. The van der Waals surface area contributed by atoms with Crippen LogP contribution in [0.15, 0.2) is 40.5 Å². The van der Waals surface area contributed by atoms with E-state index in [-0.39, 0.29) is 5.56 Å². The van der Waals surface area contributed by atoms with Crippen molar-refractivity contribution in [2.45, 2.75) is 38.3 Å². The molecule has 6 heteroatoms. The normalized spacial score (nSPS) is 20.8. The second-order valence-electron chi connectivity index (χ2n) is 6.91. The Hall–Kier alpha value is -2.18. The first-order valence-corrected chi connectivity index (χ1v) is 10.1. The molecule has 1 aliphatic heterocycles. The molecule has 5 nitrogen and oxygen atoms in total. The lowest BCUT2D eigenvalue weighted by Gasteiger charge is -2.27. The predicted molar refractivity (Wildman–Crippen MR) is 104 cm³/mol. The Morgan fingerprint density at radius 1 is 1.23 bits per heavy atom. The molecular formula is C20H24N3O2S+. The maximum absolute atomic E-state index is 12.3. The first-order chi connectivity index (χ1) is 12.7. The molecular weight excluding hydrogens is 346 g/mol. The number of rotatable bonds is 4. The lowest BCUT2D eigenvalue weighted by molar-refractivity contribution is -0.945. The summed E-state index contributed by atoms with van der Waals surface area (Å²) in [6, 6.07) is 10.8. The molecule has 0 spiro atoms. The summed E-state index contributed by atoms with van der Waals surface area (Å²) in [6.07, 6.45) is 4.89. The average molecular weight is 370 g/mol. The van der Waals surface area contributed by atoms with Crippen LogP contribution in [-0.4, -0.2) is 23.6 Å². The molecule has 0 saturated carbocycles. The number of quaternary nitrogens is 1. The van der Waals surface area contributed by atoms with Gasteiger partial charge in [0.05, 0.1) is 19.2 Å². The standard InChI is InChI=1S/C20H23N3O2S/c1-25-15-8-6-14(7-9-15)17-5-3-2-4-11-23(17)13-18-21-16-10-12-26-19(16)20(24)22-18/h6-10,12,17H,2-5,11,13H2,1H3,(H,21,22,24)/p+1/t17-/m0/s1. The van der Waals surface area contributed by atoms with Gasteiger partial charge >= 0.3 is 0 Å². The van der Waals surface area contributed by atoms with Crippen LogP contribution in [0.2, 0.25) is 0 Å². The van der Waals surface area contributed by atoms with Crippen LogP contribution in [0.1, 0.15) is 43.1 Å². The SMILES string of the molecule is COc1ccc([C@@H]2CCCCC[NH+]2Cc2nc3ccsc3c(=O)[nH]2)cc1. The molecule has 1 saturated heterocycles. The first kappa shape index (κ1) is 17.2. The van der Waals surface area contributed by atoms with Gasteiger partial charge in [0, 0.05) is 12.0 Å². The van der Waals surface area contributed by atoms with E-state index < -0.39 is 0 Å². The largest absolute Gasteiger partial charge is 0.497 e. The van der Waals surface area contributed by atoms with E-state index in [9.17, 15) is 4.79 Å². The third-order valence-electron chi connectivity index (χ3n) is 5.26. The number of fused-ring (bicyclic) bond motifs is 1. The molecule has 3 aromatic rings. The third kappa shape index (κ3) is 3.52. The topological polar surface area (TPSA) is 59.4 Å². The van der Waals surface area contributed by atoms with E-state index in [1.807, 2.05) is 23.6 Å². The summed E-state index contributed by atoms with van der Waals surface area (Å²) in [5.41, 5.74) is 2.13. The van der Waals surface area contributed by atoms with Crippen molar-refractivity contribution in [1.82, 2.24) is 9.97 Å². The van der Waals surface area contributed by atoms with Crippen molar-refractivity contribution in [3.8, 4) is 5.75 Å². The molecule has 4 rings (SSSR count). The van der Waals surface area contributed by atoms with Gasteiger partial charge in [-0.1, -0.05) is 0 Å². The highest BCUT2D eigenvalue weighted by molar-refractivity contribution is 7.17. The molecule has 26 heavy (non-hydrogen) atoms. The van der Waals surface area contributed by atoms with Crippen molar-refractivity contribution in [1.29, 1.82) is 0 Å². The fourth-order valence-electron chi connectivity index (χ4n) is 3.93. The zero-order valence-electron chi connectivity index (χ0n) is 15.0. The average Bonchev–Trinajstić information content (AvgIpc) is 3.02. The van der Waals surface area contributed by atoms with Crippen LogP contribution in [0.4, 0.5) is 0 Å². The fraction of sp³-hybridized carbons (Fsp3) is 0.400. The zero-order chi connectivity index (χ0) is 17.9. The van der Waals surface area contributed by atoms with Gasteiger partial charge in [-0.3, -0.25) is 4.79 Å². The number of aromatic nitrogens is 2. The molecule has 0 bridgehead atoms. The minimum absolute atomic E-state index is 0.0183. The number of hydrogen-bond donors (Lipinski definition) is 2. The Bertz CT molecular complexity index is 932. The van der Waals surface area contributed by atoms with Crippen molar-refractivity contribution < 1.29 is 9.64 Å². The third-order valence-corrected chi connectivity index (χ3v) is 6.16. The first-order valence-electron chi connectivity index (χ1n) is 9.19. The molecule has 0 radical (unpaired) electrons. The van der Waals surface area contributed by atoms with Gasteiger partial charge in [0.25, 0.3) is 5.56 Å². The molecule has 2 atom stereocenters. The summed E-state index contributed by atoms with van der Waals surface area (Å²) in [6.45, 7) is 1.85. The second-order valence-corrected chi connectivity index (χ2v) is 7.82. The summed E-state index contributed by atoms with van der Waals surface area (Å²) in [5.74, 6) is 1.68. The van der Waals surface area contributed by atoms with E-state index in [4.69, 9.17) is 9.72 Å². The number of nitrogens with zero attached hydrogens (tertiary/aromatic N) is 1. The Balaban J connectivity index is 1.62. The van der Waals surface area contributed by atoms with Crippen molar-refractivity contribution in [3.63, 3.8) is 0 Å². The Morgan fingerprint density at radius 3 is 2.88 bits per heavy atom. The highest BCUT2D eigenvalue weighted by atomic mass is 32.1. The van der Waals surface area contributed by atoms with Crippen LogP contribution in [0.5, 0.6) is 5.75 Å². The molecule has 0 aliphatic carbocycles. The highest BCUT2D eigenvalue weighted by Crippen LogP contribution is 2.22. The molecule has 1 aromatic carbocycles. The molecule has 0 amide bonds. The van der Waals surface area contributed by atoms with Crippen molar-refractivity contribution in [2.75, 3.05) is 13.7 Å². The molecule has 1 unspecified atom stereocenters. The number of hydrogen-bond acceptors (Lipinski definition) is 4. The number of nitrogens with one attached hydrogen (secondary N) is 2. The predicted octanol–water partition coefficient (Wildman–Crippen LogP) is 2.69.